The second-order valence-corrected chi connectivity index (χ2v) is 3.98. The summed E-state index contributed by atoms with van der Waals surface area (Å²) in [5.41, 5.74) is 0.577. The molecule has 0 saturated heterocycles. The third kappa shape index (κ3) is 6.36. The Morgan fingerprint density at radius 2 is 1.74 bits per heavy atom. The Morgan fingerprint density at radius 3 is 2.32 bits per heavy atom. The summed E-state index contributed by atoms with van der Waals surface area (Å²) in [4.78, 5) is 11.7. The first-order valence-electron chi connectivity index (χ1n) is 6.73. The first kappa shape index (κ1) is 15.7. The van der Waals surface area contributed by atoms with Gasteiger partial charge < -0.3 is 14.2 Å². The van der Waals surface area contributed by atoms with Gasteiger partial charge in [-0.05, 0) is 32.4 Å². The van der Waals surface area contributed by atoms with Crippen molar-refractivity contribution < 1.29 is 19.0 Å². The van der Waals surface area contributed by atoms with Crippen LogP contribution in [0.4, 0.5) is 0 Å². The van der Waals surface area contributed by atoms with E-state index < -0.39 is 0 Å². The highest BCUT2D eigenvalue weighted by atomic mass is 16.7. The van der Waals surface area contributed by atoms with Gasteiger partial charge in [-0.15, -0.1) is 0 Å². The molecular formula is C15H22O4. The van der Waals surface area contributed by atoms with Crippen LogP contribution in [0.3, 0.4) is 0 Å². The molecule has 0 bridgehead atoms. The summed E-state index contributed by atoms with van der Waals surface area (Å²) in [5.74, 6) is -0.287. The molecule has 1 aromatic carbocycles. The lowest BCUT2D eigenvalue weighted by Gasteiger charge is -2.16. The molecule has 0 saturated carbocycles. The first-order valence-corrected chi connectivity index (χ1v) is 6.73. The minimum absolute atomic E-state index is 0.203. The lowest BCUT2D eigenvalue weighted by Crippen LogP contribution is -2.18. The largest absolute Gasteiger partial charge is 0.462 e. The third-order valence-electron chi connectivity index (χ3n) is 2.53. The molecule has 0 aromatic heterocycles. The van der Waals surface area contributed by atoms with Gasteiger partial charge in [0.1, 0.15) is 0 Å². The summed E-state index contributed by atoms with van der Waals surface area (Å²) in [5, 5.41) is 0. The quantitative estimate of drug-likeness (QED) is 0.391. The van der Waals surface area contributed by atoms with E-state index in [0.717, 1.165) is 12.8 Å². The van der Waals surface area contributed by atoms with Gasteiger partial charge in [0.05, 0.1) is 12.2 Å². The SMILES string of the molecule is CCOC(CCCOC(=O)c1ccccc1)OCC. The maximum atomic E-state index is 11.7. The van der Waals surface area contributed by atoms with Gasteiger partial charge in [0, 0.05) is 19.6 Å². The predicted octanol–water partition coefficient (Wildman–Crippen LogP) is 3.02. The van der Waals surface area contributed by atoms with Crippen molar-refractivity contribution in [2.45, 2.75) is 33.0 Å². The van der Waals surface area contributed by atoms with Crippen molar-refractivity contribution in [3.8, 4) is 0 Å². The van der Waals surface area contributed by atoms with E-state index in [4.69, 9.17) is 14.2 Å². The van der Waals surface area contributed by atoms with E-state index in [-0.39, 0.29) is 12.3 Å². The van der Waals surface area contributed by atoms with Crippen molar-refractivity contribution in [3.05, 3.63) is 35.9 Å². The van der Waals surface area contributed by atoms with E-state index in [1.807, 2.05) is 32.0 Å². The second-order valence-electron chi connectivity index (χ2n) is 3.98. The van der Waals surface area contributed by atoms with Crippen LogP contribution in [-0.2, 0) is 14.2 Å². The Kier molecular flexibility index (Phi) is 7.86. The van der Waals surface area contributed by atoms with Crippen LogP contribution in [0.15, 0.2) is 30.3 Å². The highest BCUT2D eigenvalue weighted by molar-refractivity contribution is 5.89. The number of benzene rings is 1. The second kappa shape index (κ2) is 9.53. The molecule has 0 aliphatic rings. The molecule has 4 heteroatoms. The molecule has 106 valence electrons. The van der Waals surface area contributed by atoms with Crippen LogP contribution < -0.4 is 0 Å². The van der Waals surface area contributed by atoms with Crippen LogP contribution in [0.2, 0.25) is 0 Å². The van der Waals surface area contributed by atoms with Crippen LogP contribution in [0, 0.1) is 0 Å². The summed E-state index contributed by atoms with van der Waals surface area (Å²) in [6.07, 6.45) is 1.25. The molecule has 0 N–H and O–H groups in total. The molecule has 0 aliphatic carbocycles. The van der Waals surface area contributed by atoms with E-state index in [9.17, 15) is 4.79 Å². The molecule has 0 unspecified atom stereocenters. The summed E-state index contributed by atoms with van der Waals surface area (Å²) in [6.45, 7) is 5.48. The van der Waals surface area contributed by atoms with Crippen LogP contribution in [0.5, 0.6) is 0 Å². The van der Waals surface area contributed by atoms with E-state index in [1.54, 1.807) is 12.1 Å². The van der Waals surface area contributed by atoms with Crippen LogP contribution >= 0.6 is 0 Å². The normalized spacial score (nSPS) is 10.7. The Hall–Kier alpha value is -1.39. The minimum Gasteiger partial charge on any atom is -0.462 e. The molecule has 1 aromatic rings. The molecule has 0 amide bonds. The smallest absolute Gasteiger partial charge is 0.338 e. The molecule has 0 heterocycles. The van der Waals surface area contributed by atoms with E-state index in [0.29, 0.717) is 25.4 Å². The van der Waals surface area contributed by atoms with Crippen LogP contribution in [0.1, 0.15) is 37.0 Å². The van der Waals surface area contributed by atoms with Gasteiger partial charge >= 0.3 is 5.97 Å². The van der Waals surface area contributed by atoms with Gasteiger partial charge in [-0.2, -0.15) is 0 Å². The van der Waals surface area contributed by atoms with Crippen molar-refractivity contribution in [2.24, 2.45) is 0 Å². The molecule has 19 heavy (non-hydrogen) atoms. The monoisotopic (exact) mass is 266 g/mol. The molecular weight excluding hydrogens is 244 g/mol. The van der Waals surface area contributed by atoms with Crippen molar-refractivity contribution in [2.75, 3.05) is 19.8 Å². The number of hydrogen-bond donors (Lipinski definition) is 0. The van der Waals surface area contributed by atoms with Crippen molar-refractivity contribution in [3.63, 3.8) is 0 Å². The average Bonchev–Trinajstić information content (AvgIpc) is 2.44. The van der Waals surface area contributed by atoms with Crippen LogP contribution in [-0.4, -0.2) is 32.1 Å². The van der Waals surface area contributed by atoms with E-state index in [2.05, 4.69) is 0 Å². The zero-order valence-corrected chi connectivity index (χ0v) is 11.6. The lowest BCUT2D eigenvalue weighted by atomic mass is 10.2. The Morgan fingerprint density at radius 1 is 1.11 bits per heavy atom. The number of esters is 1. The molecule has 0 spiro atoms. The van der Waals surface area contributed by atoms with Gasteiger partial charge in [-0.3, -0.25) is 0 Å². The Bertz CT molecular complexity index is 344. The number of carbonyl (C=O) groups excluding carboxylic acids is 1. The fourth-order valence-electron chi connectivity index (χ4n) is 1.66. The van der Waals surface area contributed by atoms with Gasteiger partial charge in [0.25, 0.3) is 0 Å². The molecule has 0 radical (unpaired) electrons. The maximum absolute atomic E-state index is 11.7. The summed E-state index contributed by atoms with van der Waals surface area (Å²) in [6, 6.07) is 8.98. The lowest BCUT2D eigenvalue weighted by molar-refractivity contribution is -0.141. The van der Waals surface area contributed by atoms with Gasteiger partial charge in [-0.25, -0.2) is 4.79 Å². The van der Waals surface area contributed by atoms with Gasteiger partial charge in [-0.1, -0.05) is 18.2 Å². The topological polar surface area (TPSA) is 44.8 Å². The maximum Gasteiger partial charge on any atom is 0.338 e. The molecule has 1 rings (SSSR count). The molecule has 0 aliphatic heterocycles. The number of hydrogen-bond acceptors (Lipinski definition) is 4. The average molecular weight is 266 g/mol. The zero-order chi connectivity index (χ0) is 13.9. The molecule has 0 atom stereocenters. The Labute approximate surface area is 114 Å². The fourth-order valence-corrected chi connectivity index (χ4v) is 1.66. The van der Waals surface area contributed by atoms with Gasteiger partial charge in [0.2, 0.25) is 0 Å². The number of carbonyl (C=O) groups is 1. The summed E-state index contributed by atoms with van der Waals surface area (Å²) in [7, 11) is 0. The van der Waals surface area contributed by atoms with E-state index in [1.165, 1.54) is 0 Å². The van der Waals surface area contributed by atoms with Crippen molar-refractivity contribution in [1.29, 1.82) is 0 Å². The van der Waals surface area contributed by atoms with E-state index >= 15 is 0 Å². The Balaban J connectivity index is 2.21. The highest BCUT2D eigenvalue weighted by Crippen LogP contribution is 2.06. The molecule has 0 fully saturated rings. The van der Waals surface area contributed by atoms with Crippen LogP contribution in [0.25, 0.3) is 0 Å². The number of rotatable bonds is 9. The first-order chi connectivity index (χ1) is 9.27. The van der Waals surface area contributed by atoms with Crippen molar-refractivity contribution >= 4 is 5.97 Å². The third-order valence-corrected chi connectivity index (χ3v) is 2.53. The fraction of sp³-hybridized carbons (Fsp3) is 0.533. The standard InChI is InChI=1S/C15H22O4/c1-3-17-14(18-4-2)11-8-12-19-15(16)13-9-6-5-7-10-13/h5-7,9-10,14H,3-4,8,11-12H2,1-2H3. The van der Waals surface area contributed by atoms with Gasteiger partial charge in [0.15, 0.2) is 6.29 Å². The predicted molar refractivity (Wildman–Crippen MR) is 73.0 cm³/mol. The summed E-state index contributed by atoms with van der Waals surface area (Å²) < 4.78 is 16.0. The summed E-state index contributed by atoms with van der Waals surface area (Å²) >= 11 is 0. The highest BCUT2D eigenvalue weighted by Gasteiger charge is 2.09. The zero-order valence-electron chi connectivity index (χ0n) is 11.6. The number of ether oxygens (including phenoxy) is 3. The molecule has 4 nitrogen and oxygen atoms in total. The van der Waals surface area contributed by atoms with Crippen molar-refractivity contribution in [1.82, 2.24) is 0 Å². The minimum atomic E-state index is -0.287.